The number of hydrogen-bond acceptors (Lipinski definition) is 6. The molecule has 0 bridgehead atoms. The molecule has 1 unspecified atom stereocenters. The van der Waals surface area contributed by atoms with Gasteiger partial charge in [-0.05, 0) is 19.1 Å². The van der Waals surface area contributed by atoms with Gasteiger partial charge in [0, 0.05) is 32.8 Å². The van der Waals surface area contributed by atoms with Crippen molar-refractivity contribution in [1.29, 1.82) is 0 Å². The fourth-order valence-corrected chi connectivity index (χ4v) is 2.99. The number of nitrogens with zero attached hydrogens (tertiary/aromatic N) is 4. The van der Waals surface area contributed by atoms with Crippen LogP contribution in [0.25, 0.3) is 0 Å². The minimum Gasteiger partial charge on any atom is -0.490 e. The Labute approximate surface area is 152 Å². The molecule has 0 amide bonds. The molecule has 1 N–H and O–H groups in total. The van der Waals surface area contributed by atoms with Gasteiger partial charge >= 0.3 is 0 Å². The van der Waals surface area contributed by atoms with E-state index in [0.29, 0.717) is 19.7 Å². The number of rotatable bonds is 8. The van der Waals surface area contributed by atoms with Crippen LogP contribution in [-0.2, 0) is 11.3 Å². The predicted molar refractivity (Wildman–Crippen MR) is 100 cm³/mol. The van der Waals surface area contributed by atoms with Gasteiger partial charge in [0.05, 0.1) is 25.0 Å². The molecule has 136 valence electrons. The van der Waals surface area contributed by atoms with Crippen LogP contribution in [0.4, 0.5) is 0 Å². The first-order valence-corrected chi connectivity index (χ1v) is 8.93. The van der Waals surface area contributed by atoms with Gasteiger partial charge in [-0.3, -0.25) is 9.98 Å². The van der Waals surface area contributed by atoms with Crippen molar-refractivity contribution in [2.75, 3.05) is 34.4 Å². The van der Waals surface area contributed by atoms with E-state index < -0.39 is 0 Å². The van der Waals surface area contributed by atoms with Crippen molar-refractivity contribution < 1.29 is 9.47 Å². The second-order valence-corrected chi connectivity index (χ2v) is 6.31. The van der Waals surface area contributed by atoms with Crippen molar-refractivity contribution in [2.24, 2.45) is 4.99 Å². The minimum absolute atomic E-state index is 0.0196. The summed E-state index contributed by atoms with van der Waals surface area (Å²) in [5, 5.41) is 6.32. The third-order valence-corrected chi connectivity index (χ3v) is 4.59. The largest absolute Gasteiger partial charge is 0.490 e. The highest BCUT2D eigenvalue weighted by Crippen LogP contribution is 2.20. The number of thiazole rings is 1. The molecule has 0 radical (unpaired) electrons. The van der Waals surface area contributed by atoms with E-state index in [0.717, 1.165) is 22.4 Å². The Bertz CT molecular complexity index is 662. The van der Waals surface area contributed by atoms with Crippen LogP contribution in [0, 0.1) is 0 Å². The first-order chi connectivity index (χ1) is 12.1. The Morgan fingerprint density at radius 2 is 2.32 bits per heavy atom. The molecule has 0 aliphatic carbocycles. The number of guanidine groups is 1. The van der Waals surface area contributed by atoms with E-state index in [1.165, 1.54) is 0 Å². The Kier molecular flexibility index (Phi) is 7.62. The third-order valence-electron chi connectivity index (χ3n) is 3.53. The summed E-state index contributed by atoms with van der Waals surface area (Å²) in [4.78, 5) is 15.0. The number of hydrogen-bond donors (Lipinski definition) is 1. The van der Waals surface area contributed by atoms with Gasteiger partial charge < -0.3 is 19.7 Å². The maximum Gasteiger partial charge on any atom is 0.193 e. The Balaban J connectivity index is 1.78. The molecule has 1 atom stereocenters. The zero-order chi connectivity index (χ0) is 18.1. The summed E-state index contributed by atoms with van der Waals surface area (Å²) in [5.41, 5.74) is 1.00. The maximum absolute atomic E-state index is 5.62. The summed E-state index contributed by atoms with van der Waals surface area (Å²) in [6.07, 6.45) is 3.44. The zero-order valence-electron chi connectivity index (χ0n) is 15.1. The lowest BCUT2D eigenvalue weighted by Crippen LogP contribution is -2.40. The van der Waals surface area contributed by atoms with Crippen LogP contribution in [0.2, 0.25) is 0 Å². The number of pyridine rings is 1. The molecule has 0 aliphatic heterocycles. The summed E-state index contributed by atoms with van der Waals surface area (Å²) >= 11 is 1.61. The SMILES string of the molecule is CN=C(NCCOc1cccnc1)N(C)Cc1csc(C(C)OC)n1. The predicted octanol–water partition coefficient (Wildman–Crippen LogP) is 2.33. The van der Waals surface area contributed by atoms with E-state index in [4.69, 9.17) is 9.47 Å². The van der Waals surface area contributed by atoms with Crippen molar-refractivity contribution in [3.8, 4) is 5.75 Å². The molecule has 8 heteroatoms. The average molecular weight is 363 g/mol. The van der Waals surface area contributed by atoms with E-state index in [1.54, 1.807) is 37.9 Å². The maximum atomic E-state index is 5.62. The molecule has 2 aromatic heterocycles. The van der Waals surface area contributed by atoms with Crippen LogP contribution in [-0.4, -0.2) is 55.2 Å². The molecule has 2 rings (SSSR count). The molecule has 7 nitrogen and oxygen atoms in total. The number of nitrogens with one attached hydrogen (secondary N) is 1. The topological polar surface area (TPSA) is 71.9 Å². The normalized spacial score (nSPS) is 12.7. The van der Waals surface area contributed by atoms with Crippen molar-refractivity contribution in [2.45, 2.75) is 19.6 Å². The van der Waals surface area contributed by atoms with Crippen molar-refractivity contribution in [3.63, 3.8) is 0 Å². The van der Waals surface area contributed by atoms with Crippen LogP contribution in [0.5, 0.6) is 5.75 Å². The van der Waals surface area contributed by atoms with Gasteiger partial charge in [0.15, 0.2) is 5.96 Å². The van der Waals surface area contributed by atoms with E-state index in [2.05, 4.69) is 25.7 Å². The lowest BCUT2D eigenvalue weighted by molar-refractivity contribution is 0.119. The molecule has 2 heterocycles. The Hall–Kier alpha value is -2.19. The standard InChI is InChI=1S/C17H25N5O2S/c1-13(23-4)16-21-14(12-25-16)11-22(3)17(18-2)20-8-9-24-15-6-5-7-19-10-15/h5-7,10,12-13H,8-9,11H2,1-4H3,(H,18,20). The van der Waals surface area contributed by atoms with Crippen LogP contribution in [0.3, 0.4) is 0 Å². The third kappa shape index (κ3) is 5.99. The molecule has 0 fully saturated rings. The van der Waals surface area contributed by atoms with Crippen LogP contribution >= 0.6 is 11.3 Å². The van der Waals surface area contributed by atoms with E-state index in [1.807, 2.05) is 31.0 Å². The van der Waals surface area contributed by atoms with Crippen LogP contribution in [0.15, 0.2) is 34.9 Å². The van der Waals surface area contributed by atoms with Crippen molar-refractivity contribution in [1.82, 2.24) is 20.2 Å². The molecule has 0 aromatic carbocycles. The summed E-state index contributed by atoms with van der Waals surface area (Å²) in [6.45, 7) is 3.85. The average Bonchev–Trinajstić information content (AvgIpc) is 3.10. The summed E-state index contributed by atoms with van der Waals surface area (Å²) in [5.74, 6) is 1.55. The molecular formula is C17H25N5O2S. The molecule has 0 saturated heterocycles. The van der Waals surface area contributed by atoms with E-state index in [-0.39, 0.29) is 6.10 Å². The van der Waals surface area contributed by atoms with Gasteiger partial charge in [0.1, 0.15) is 23.5 Å². The first-order valence-electron chi connectivity index (χ1n) is 8.05. The molecule has 0 saturated carbocycles. The zero-order valence-corrected chi connectivity index (χ0v) is 15.9. The molecular weight excluding hydrogens is 338 g/mol. The highest BCUT2D eigenvalue weighted by molar-refractivity contribution is 7.09. The lowest BCUT2D eigenvalue weighted by Gasteiger charge is -2.21. The summed E-state index contributed by atoms with van der Waals surface area (Å²) in [6, 6.07) is 3.73. The molecule has 2 aromatic rings. The van der Waals surface area contributed by atoms with E-state index >= 15 is 0 Å². The highest BCUT2D eigenvalue weighted by Gasteiger charge is 2.12. The fourth-order valence-electron chi connectivity index (χ4n) is 2.15. The summed E-state index contributed by atoms with van der Waals surface area (Å²) < 4.78 is 10.9. The number of aliphatic imine (C=N–C) groups is 1. The van der Waals surface area contributed by atoms with Crippen molar-refractivity contribution in [3.05, 3.63) is 40.6 Å². The second kappa shape index (κ2) is 9.95. The summed E-state index contributed by atoms with van der Waals surface area (Å²) in [7, 11) is 5.44. The second-order valence-electron chi connectivity index (χ2n) is 5.42. The van der Waals surface area contributed by atoms with E-state index in [9.17, 15) is 0 Å². The minimum atomic E-state index is 0.0196. The molecule has 25 heavy (non-hydrogen) atoms. The molecule has 0 aliphatic rings. The number of aromatic nitrogens is 2. The highest BCUT2D eigenvalue weighted by atomic mass is 32.1. The quantitative estimate of drug-likeness (QED) is 0.441. The Morgan fingerprint density at radius 3 is 3.00 bits per heavy atom. The smallest absolute Gasteiger partial charge is 0.193 e. The van der Waals surface area contributed by atoms with Gasteiger partial charge in [-0.1, -0.05) is 0 Å². The first kappa shape index (κ1) is 19.1. The van der Waals surface area contributed by atoms with Gasteiger partial charge in [-0.2, -0.15) is 0 Å². The van der Waals surface area contributed by atoms with Gasteiger partial charge in [0.25, 0.3) is 0 Å². The van der Waals surface area contributed by atoms with Gasteiger partial charge in [0.2, 0.25) is 0 Å². The number of methoxy groups -OCH3 is 1. The fraction of sp³-hybridized carbons (Fsp3) is 0.471. The Morgan fingerprint density at radius 1 is 1.48 bits per heavy atom. The molecule has 0 spiro atoms. The number of ether oxygens (including phenoxy) is 2. The van der Waals surface area contributed by atoms with Crippen LogP contribution < -0.4 is 10.1 Å². The van der Waals surface area contributed by atoms with Gasteiger partial charge in [-0.15, -0.1) is 11.3 Å². The lowest BCUT2D eigenvalue weighted by atomic mass is 10.4. The monoisotopic (exact) mass is 363 g/mol. The van der Waals surface area contributed by atoms with Crippen molar-refractivity contribution >= 4 is 17.3 Å². The van der Waals surface area contributed by atoms with Crippen LogP contribution in [0.1, 0.15) is 23.7 Å². The van der Waals surface area contributed by atoms with Gasteiger partial charge in [-0.25, -0.2) is 4.98 Å².